The highest BCUT2D eigenvalue weighted by molar-refractivity contribution is 6.01. The zero-order valence-corrected chi connectivity index (χ0v) is 13.1. The number of aryl methyl sites for hydroxylation is 1. The lowest BCUT2D eigenvalue weighted by Gasteiger charge is -2.37. The Morgan fingerprint density at radius 3 is 2.76 bits per heavy atom. The van der Waals surface area contributed by atoms with E-state index in [0.717, 1.165) is 35.0 Å². The number of nitrogens with zero attached hydrogens (tertiary/aromatic N) is 1. The van der Waals surface area contributed by atoms with Gasteiger partial charge in [-0.05, 0) is 49.4 Å². The molecule has 1 heterocycles. The Labute approximate surface area is 126 Å². The van der Waals surface area contributed by atoms with E-state index in [1.54, 1.807) is 0 Å². The molecule has 1 saturated carbocycles. The van der Waals surface area contributed by atoms with E-state index >= 15 is 0 Å². The van der Waals surface area contributed by atoms with E-state index in [2.05, 4.69) is 24.9 Å². The monoisotopic (exact) mass is 281 g/mol. The molecule has 2 aromatic rings. The van der Waals surface area contributed by atoms with Crippen LogP contribution in [0.2, 0.25) is 0 Å². The maximum Gasteiger partial charge on any atom is 0.166 e. The lowest BCUT2D eigenvalue weighted by Crippen LogP contribution is -2.34. The fraction of sp³-hybridized carbons (Fsp3) is 0.474. The second-order valence-electron chi connectivity index (χ2n) is 7.01. The van der Waals surface area contributed by atoms with Gasteiger partial charge in [0.2, 0.25) is 0 Å². The van der Waals surface area contributed by atoms with Crippen LogP contribution in [0.1, 0.15) is 55.6 Å². The van der Waals surface area contributed by atoms with Crippen LogP contribution in [0.4, 0.5) is 0 Å². The number of benzene rings is 1. The van der Waals surface area contributed by atoms with Crippen LogP contribution in [0.3, 0.4) is 0 Å². The van der Waals surface area contributed by atoms with Gasteiger partial charge in [0.25, 0.3) is 0 Å². The summed E-state index contributed by atoms with van der Waals surface area (Å²) in [6, 6.07) is 9.99. The summed E-state index contributed by atoms with van der Waals surface area (Å²) in [5, 5.41) is 1.06. The zero-order chi connectivity index (χ0) is 15.0. The first kappa shape index (κ1) is 14.2. The van der Waals surface area contributed by atoms with Gasteiger partial charge in [-0.3, -0.25) is 9.78 Å². The quantitative estimate of drug-likeness (QED) is 0.730. The van der Waals surface area contributed by atoms with Crippen LogP contribution in [-0.2, 0) is 0 Å². The zero-order valence-electron chi connectivity index (χ0n) is 13.1. The van der Waals surface area contributed by atoms with Gasteiger partial charge in [-0.2, -0.15) is 0 Å². The molecule has 1 aliphatic rings. The maximum atomic E-state index is 12.9. The van der Waals surface area contributed by atoms with Gasteiger partial charge in [0.1, 0.15) is 0 Å². The molecule has 1 aliphatic carbocycles. The van der Waals surface area contributed by atoms with Gasteiger partial charge in [0.05, 0.1) is 5.52 Å². The molecule has 0 bridgehead atoms. The van der Waals surface area contributed by atoms with Crippen LogP contribution in [0.5, 0.6) is 0 Å². The van der Waals surface area contributed by atoms with Gasteiger partial charge in [0, 0.05) is 22.6 Å². The largest absolute Gasteiger partial charge is 0.294 e. The number of rotatable bonds is 2. The standard InChI is InChI=1S/C19H23NO/c1-13-7-8-14-12-15(9-10-17(14)20-13)18(21)16-6-4-5-11-19(16,2)3/h7-10,12,16H,4-6,11H2,1-3H3. The van der Waals surface area contributed by atoms with E-state index < -0.39 is 0 Å². The molecule has 0 saturated heterocycles. The fourth-order valence-electron chi connectivity index (χ4n) is 3.56. The van der Waals surface area contributed by atoms with E-state index in [4.69, 9.17) is 0 Å². The van der Waals surface area contributed by atoms with Crippen molar-refractivity contribution in [3.8, 4) is 0 Å². The van der Waals surface area contributed by atoms with Gasteiger partial charge in [-0.25, -0.2) is 0 Å². The molecule has 0 amide bonds. The molecule has 1 unspecified atom stereocenters. The SMILES string of the molecule is Cc1ccc2cc(C(=O)C3CCCCC3(C)C)ccc2n1. The summed E-state index contributed by atoms with van der Waals surface area (Å²) in [5.41, 5.74) is 2.94. The third-order valence-corrected chi connectivity index (χ3v) is 4.94. The Kier molecular flexibility index (Phi) is 3.56. The highest BCUT2D eigenvalue weighted by Gasteiger charge is 2.37. The maximum absolute atomic E-state index is 12.9. The Bertz CT molecular complexity index is 687. The fourth-order valence-corrected chi connectivity index (χ4v) is 3.56. The summed E-state index contributed by atoms with van der Waals surface area (Å²) in [7, 11) is 0. The number of ketones is 1. The van der Waals surface area contributed by atoms with Crippen LogP contribution >= 0.6 is 0 Å². The van der Waals surface area contributed by atoms with Gasteiger partial charge in [-0.15, -0.1) is 0 Å². The van der Waals surface area contributed by atoms with Crippen molar-refractivity contribution in [2.45, 2.75) is 46.5 Å². The summed E-state index contributed by atoms with van der Waals surface area (Å²) in [6.07, 6.45) is 4.60. The Hall–Kier alpha value is -1.70. The van der Waals surface area contributed by atoms with Crippen LogP contribution in [-0.4, -0.2) is 10.8 Å². The van der Waals surface area contributed by atoms with Crippen molar-refractivity contribution < 1.29 is 4.79 Å². The Morgan fingerprint density at radius 1 is 1.19 bits per heavy atom. The second-order valence-corrected chi connectivity index (χ2v) is 7.01. The van der Waals surface area contributed by atoms with Crippen molar-refractivity contribution in [2.24, 2.45) is 11.3 Å². The minimum atomic E-state index is 0.121. The topological polar surface area (TPSA) is 30.0 Å². The number of hydrogen-bond donors (Lipinski definition) is 0. The van der Waals surface area contributed by atoms with Crippen molar-refractivity contribution in [3.05, 3.63) is 41.6 Å². The minimum absolute atomic E-state index is 0.121. The van der Waals surface area contributed by atoms with E-state index in [-0.39, 0.29) is 11.3 Å². The van der Waals surface area contributed by atoms with Crippen LogP contribution in [0.15, 0.2) is 30.3 Å². The number of aromatic nitrogens is 1. The molecular formula is C19H23NO. The molecule has 2 nitrogen and oxygen atoms in total. The number of Topliss-reactive ketones (excluding diaryl/α,β-unsaturated/α-hetero) is 1. The van der Waals surface area contributed by atoms with Gasteiger partial charge >= 0.3 is 0 Å². The van der Waals surface area contributed by atoms with Crippen molar-refractivity contribution in [1.82, 2.24) is 4.98 Å². The summed E-state index contributed by atoms with van der Waals surface area (Å²) >= 11 is 0. The summed E-state index contributed by atoms with van der Waals surface area (Å²) in [4.78, 5) is 17.4. The molecular weight excluding hydrogens is 258 g/mol. The van der Waals surface area contributed by atoms with Crippen LogP contribution in [0, 0.1) is 18.3 Å². The third-order valence-electron chi connectivity index (χ3n) is 4.94. The Balaban J connectivity index is 1.96. The van der Waals surface area contributed by atoms with Crippen molar-refractivity contribution in [3.63, 3.8) is 0 Å². The number of hydrogen-bond acceptors (Lipinski definition) is 2. The highest BCUT2D eigenvalue weighted by Crippen LogP contribution is 2.42. The first-order valence-electron chi connectivity index (χ1n) is 7.89. The summed E-state index contributed by atoms with van der Waals surface area (Å²) in [5.74, 6) is 0.462. The first-order valence-corrected chi connectivity index (χ1v) is 7.89. The molecule has 1 fully saturated rings. The predicted octanol–water partition coefficient (Wildman–Crippen LogP) is 4.94. The average molecular weight is 281 g/mol. The van der Waals surface area contributed by atoms with E-state index in [1.807, 2.05) is 31.2 Å². The Morgan fingerprint density at radius 2 is 2.00 bits per heavy atom. The molecule has 1 atom stereocenters. The molecule has 21 heavy (non-hydrogen) atoms. The predicted molar refractivity (Wildman–Crippen MR) is 86.5 cm³/mol. The lowest BCUT2D eigenvalue weighted by molar-refractivity contribution is 0.0697. The number of carbonyl (C=O) groups is 1. The molecule has 110 valence electrons. The first-order chi connectivity index (χ1) is 9.97. The molecule has 0 aliphatic heterocycles. The lowest BCUT2D eigenvalue weighted by atomic mass is 9.66. The van der Waals surface area contributed by atoms with E-state index in [1.165, 1.54) is 12.8 Å². The van der Waals surface area contributed by atoms with E-state index in [0.29, 0.717) is 5.78 Å². The number of pyridine rings is 1. The number of carbonyl (C=O) groups excluding carboxylic acids is 1. The molecule has 2 heteroatoms. The van der Waals surface area contributed by atoms with Gasteiger partial charge in [0.15, 0.2) is 5.78 Å². The average Bonchev–Trinajstić information content (AvgIpc) is 2.45. The summed E-state index contributed by atoms with van der Waals surface area (Å²) in [6.45, 7) is 6.46. The highest BCUT2D eigenvalue weighted by atomic mass is 16.1. The third kappa shape index (κ3) is 2.72. The van der Waals surface area contributed by atoms with Crippen LogP contribution < -0.4 is 0 Å². The van der Waals surface area contributed by atoms with Crippen LogP contribution in [0.25, 0.3) is 10.9 Å². The van der Waals surface area contributed by atoms with Crippen molar-refractivity contribution in [1.29, 1.82) is 0 Å². The summed E-state index contributed by atoms with van der Waals surface area (Å²) < 4.78 is 0. The molecule has 0 N–H and O–H groups in total. The normalized spacial score (nSPS) is 21.4. The molecule has 3 rings (SSSR count). The number of fused-ring (bicyclic) bond motifs is 1. The van der Waals surface area contributed by atoms with Gasteiger partial charge < -0.3 is 0 Å². The van der Waals surface area contributed by atoms with Crippen molar-refractivity contribution in [2.75, 3.05) is 0 Å². The second kappa shape index (κ2) is 5.25. The minimum Gasteiger partial charge on any atom is -0.294 e. The molecule has 0 spiro atoms. The van der Waals surface area contributed by atoms with E-state index in [9.17, 15) is 4.79 Å². The smallest absolute Gasteiger partial charge is 0.166 e. The molecule has 1 aromatic carbocycles. The molecule has 1 aromatic heterocycles. The van der Waals surface area contributed by atoms with Crippen molar-refractivity contribution >= 4 is 16.7 Å². The van der Waals surface area contributed by atoms with Gasteiger partial charge in [-0.1, -0.05) is 32.8 Å². The molecule has 0 radical (unpaired) electrons.